The minimum absolute atomic E-state index is 0.176. The number of rotatable bonds is 8. The lowest BCUT2D eigenvalue weighted by Gasteiger charge is -2.08. The van der Waals surface area contributed by atoms with E-state index in [9.17, 15) is 9.59 Å². The van der Waals surface area contributed by atoms with Crippen LogP contribution in [-0.2, 0) is 12.8 Å². The fourth-order valence-corrected chi connectivity index (χ4v) is 3.43. The van der Waals surface area contributed by atoms with Crippen LogP contribution in [0.4, 0.5) is 0 Å². The summed E-state index contributed by atoms with van der Waals surface area (Å²) in [7, 11) is 0. The predicted octanol–water partition coefficient (Wildman–Crippen LogP) is 4.94. The average molecular weight is 441 g/mol. The molecule has 0 aliphatic rings. The molecule has 2 amide bonds. The second-order valence-corrected chi connectivity index (χ2v) is 7.72. The third kappa shape index (κ3) is 6.61. The van der Waals surface area contributed by atoms with Gasteiger partial charge in [0.2, 0.25) is 0 Å². The van der Waals surface area contributed by atoms with Crippen molar-refractivity contribution in [2.45, 2.75) is 12.8 Å². The summed E-state index contributed by atoms with van der Waals surface area (Å²) in [4.78, 5) is 24.6. The van der Waals surface area contributed by atoms with Crippen LogP contribution < -0.4 is 10.6 Å². The number of carbonyl (C=O) groups excluding carboxylic acids is 2. The zero-order valence-corrected chi connectivity index (χ0v) is 17.8. The van der Waals surface area contributed by atoms with E-state index in [1.807, 2.05) is 48.5 Å². The van der Waals surface area contributed by atoms with Gasteiger partial charge in [0.05, 0.1) is 0 Å². The minimum atomic E-state index is -0.176. The molecule has 4 nitrogen and oxygen atoms in total. The Morgan fingerprint density at radius 3 is 1.40 bits per heavy atom. The Morgan fingerprint density at radius 2 is 1.03 bits per heavy atom. The van der Waals surface area contributed by atoms with Gasteiger partial charge in [-0.2, -0.15) is 0 Å². The minimum Gasteiger partial charge on any atom is -0.352 e. The molecule has 30 heavy (non-hydrogen) atoms. The van der Waals surface area contributed by atoms with Crippen molar-refractivity contribution < 1.29 is 9.59 Å². The van der Waals surface area contributed by atoms with Gasteiger partial charge >= 0.3 is 0 Å². The lowest BCUT2D eigenvalue weighted by atomic mass is 10.1. The van der Waals surface area contributed by atoms with Crippen molar-refractivity contribution in [2.24, 2.45) is 0 Å². The molecule has 0 aliphatic carbocycles. The van der Waals surface area contributed by atoms with Crippen molar-refractivity contribution in [1.29, 1.82) is 0 Å². The fraction of sp³-hybridized carbons (Fsp3) is 0.167. The number of amides is 2. The van der Waals surface area contributed by atoms with Crippen LogP contribution in [0.5, 0.6) is 0 Å². The van der Waals surface area contributed by atoms with Crippen LogP contribution in [0.15, 0.2) is 72.8 Å². The van der Waals surface area contributed by atoms with Gasteiger partial charge in [-0.25, -0.2) is 0 Å². The summed E-state index contributed by atoms with van der Waals surface area (Å²) in [5.41, 5.74) is 3.15. The number of benzene rings is 3. The highest BCUT2D eigenvalue weighted by Gasteiger charge is 2.09. The first-order valence-electron chi connectivity index (χ1n) is 9.66. The molecule has 0 bridgehead atoms. The first-order valence-corrected chi connectivity index (χ1v) is 10.4. The monoisotopic (exact) mass is 440 g/mol. The lowest BCUT2D eigenvalue weighted by molar-refractivity contribution is 0.0942. The van der Waals surface area contributed by atoms with Gasteiger partial charge in [0.1, 0.15) is 0 Å². The Balaban J connectivity index is 1.45. The molecule has 0 saturated carbocycles. The van der Waals surface area contributed by atoms with E-state index in [1.165, 1.54) is 0 Å². The van der Waals surface area contributed by atoms with Gasteiger partial charge in [-0.15, -0.1) is 0 Å². The molecule has 0 unspecified atom stereocenters. The third-order valence-electron chi connectivity index (χ3n) is 4.59. The largest absolute Gasteiger partial charge is 0.352 e. The summed E-state index contributed by atoms with van der Waals surface area (Å²) in [5.74, 6) is -0.352. The maximum Gasteiger partial charge on any atom is 0.251 e. The summed E-state index contributed by atoms with van der Waals surface area (Å²) in [6.07, 6.45) is 1.39. The smallest absolute Gasteiger partial charge is 0.251 e. The molecule has 0 heterocycles. The molecular weight excluding hydrogens is 419 g/mol. The van der Waals surface area contributed by atoms with Crippen molar-refractivity contribution in [3.63, 3.8) is 0 Å². The zero-order chi connectivity index (χ0) is 21.3. The summed E-state index contributed by atoms with van der Waals surface area (Å²) >= 11 is 11.9. The van der Waals surface area contributed by atoms with E-state index in [0.29, 0.717) is 47.1 Å². The highest BCUT2D eigenvalue weighted by Crippen LogP contribution is 2.12. The van der Waals surface area contributed by atoms with Gasteiger partial charge < -0.3 is 10.6 Å². The second kappa shape index (κ2) is 10.8. The highest BCUT2D eigenvalue weighted by molar-refractivity contribution is 6.30. The molecule has 3 rings (SSSR count). The molecule has 0 spiro atoms. The maximum absolute atomic E-state index is 12.3. The Kier molecular flexibility index (Phi) is 7.89. The van der Waals surface area contributed by atoms with E-state index in [-0.39, 0.29) is 11.8 Å². The molecule has 154 valence electrons. The Morgan fingerprint density at radius 1 is 0.633 bits per heavy atom. The van der Waals surface area contributed by atoms with E-state index < -0.39 is 0 Å². The molecular formula is C24H22Cl2N2O2. The van der Waals surface area contributed by atoms with Crippen molar-refractivity contribution >= 4 is 35.0 Å². The van der Waals surface area contributed by atoms with Crippen molar-refractivity contribution in [3.8, 4) is 0 Å². The molecule has 0 saturated heterocycles. The number of hydrogen-bond acceptors (Lipinski definition) is 2. The molecule has 0 atom stereocenters. The first kappa shape index (κ1) is 21.9. The quantitative estimate of drug-likeness (QED) is 0.521. The summed E-state index contributed by atoms with van der Waals surface area (Å²) in [6.45, 7) is 1.01. The number of carbonyl (C=O) groups is 2. The average Bonchev–Trinajstić information content (AvgIpc) is 2.74. The Bertz CT molecular complexity index is 937. The van der Waals surface area contributed by atoms with E-state index >= 15 is 0 Å². The van der Waals surface area contributed by atoms with Crippen LogP contribution in [0, 0.1) is 0 Å². The predicted molar refractivity (Wildman–Crippen MR) is 121 cm³/mol. The molecule has 2 N–H and O–H groups in total. The van der Waals surface area contributed by atoms with Crippen LogP contribution in [0.1, 0.15) is 31.8 Å². The Labute approximate surface area is 186 Å². The first-order chi connectivity index (χ1) is 14.5. The van der Waals surface area contributed by atoms with Gasteiger partial charge in [0.25, 0.3) is 11.8 Å². The molecule has 0 aromatic heterocycles. The topological polar surface area (TPSA) is 58.2 Å². The standard InChI is InChI=1S/C24H22Cl2N2O2/c25-21-5-1-3-17(15-21)11-13-27-23(29)19-7-9-20(10-8-19)24(30)28-14-12-18-4-2-6-22(26)16-18/h1-10,15-16H,11-14H2,(H,27,29)(H,28,30). The van der Waals surface area contributed by atoms with Gasteiger partial charge in [-0.3, -0.25) is 9.59 Å². The molecule has 3 aromatic rings. The lowest BCUT2D eigenvalue weighted by Crippen LogP contribution is -2.27. The molecule has 0 aliphatic heterocycles. The van der Waals surface area contributed by atoms with Crippen molar-refractivity contribution in [3.05, 3.63) is 105 Å². The highest BCUT2D eigenvalue weighted by atomic mass is 35.5. The van der Waals surface area contributed by atoms with E-state index in [0.717, 1.165) is 11.1 Å². The fourth-order valence-electron chi connectivity index (χ4n) is 3.00. The van der Waals surface area contributed by atoms with E-state index in [2.05, 4.69) is 10.6 Å². The Hall–Kier alpha value is -2.82. The summed E-state index contributed by atoms with van der Waals surface area (Å²) in [5, 5.41) is 7.12. The maximum atomic E-state index is 12.3. The molecule has 3 aromatic carbocycles. The van der Waals surface area contributed by atoms with E-state index in [4.69, 9.17) is 23.2 Å². The van der Waals surface area contributed by atoms with Crippen LogP contribution >= 0.6 is 23.2 Å². The molecule has 0 fully saturated rings. The number of hydrogen-bond donors (Lipinski definition) is 2. The van der Waals surface area contributed by atoms with Gasteiger partial charge in [-0.1, -0.05) is 47.5 Å². The summed E-state index contributed by atoms with van der Waals surface area (Å²) < 4.78 is 0. The molecule has 6 heteroatoms. The van der Waals surface area contributed by atoms with Crippen LogP contribution in [-0.4, -0.2) is 24.9 Å². The SMILES string of the molecule is O=C(NCCc1cccc(Cl)c1)c1ccc(C(=O)NCCc2cccc(Cl)c2)cc1. The van der Waals surface area contributed by atoms with Gasteiger partial charge in [0.15, 0.2) is 0 Å². The normalized spacial score (nSPS) is 10.5. The second-order valence-electron chi connectivity index (χ2n) is 6.85. The third-order valence-corrected chi connectivity index (χ3v) is 5.06. The summed E-state index contributed by atoms with van der Waals surface area (Å²) in [6, 6.07) is 21.7. The van der Waals surface area contributed by atoms with Crippen LogP contribution in [0.3, 0.4) is 0 Å². The van der Waals surface area contributed by atoms with Crippen LogP contribution in [0.25, 0.3) is 0 Å². The zero-order valence-electron chi connectivity index (χ0n) is 16.3. The number of halogens is 2. The number of nitrogens with one attached hydrogen (secondary N) is 2. The van der Waals surface area contributed by atoms with Gasteiger partial charge in [-0.05, 0) is 72.5 Å². The van der Waals surface area contributed by atoms with Crippen LogP contribution in [0.2, 0.25) is 10.0 Å². The van der Waals surface area contributed by atoms with Crippen molar-refractivity contribution in [1.82, 2.24) is 10.6 Å². The van der Waals surface area contributed by atoms with Gasteiger partial charge in [0, 0.05) is 34.3 Å². The van der Waals surface area contributed by atoms with E-state index in [1.54, 1.807) is 24.3 Å². The molecule has 0 radical (unpaired) electrons. The van der Waals surface area contributed by atoms with Crippen molar-refractivity contribution in [2.75, 3.05) is 13.1 Å².